The maximum atomic E-state index is 6.00. The third kappa shape index (κ3) is 3.30. The van der Waals surface area contributed by atoms with Gasteiger partial charge in [0, 0.05) is 29.2 Å². The zero-order valence-electron chi connectivity index (χ0n) is 15.5. The number of H-pyrrole nitrogens is 1. The summed E-state index contributed by atoms with van der Waals surface area (Å²) in [4.78, 5) is 7.90. The van der Waals surface area contributed by atoms with Gasteiger partial charge in [0.05, 0.1) is 17.6 Å². The Hall–Kier alpha value is -3.37. The molecule has 4 nitrogen and oxygen atoms in total. The number of benzene rings is 3. The predicted octanol–water partition coefficient (Wildman–Crippen LogP) is 5.28. The first-order chi connectivity index (χ1) is 13.9. The molecule has 0 aliphatic rings. The fraction of sp³-hybridized carbons (Fsp3) is 0.125. The number of ether oxygens (including phenoxy) is 1. The molecule has 4 heteroatoms. The average Bonchev–Trinajstić information content (AvgIpc) is 3.30. The predicted molar refractivity (Wildman–Crippen MR) is 112 cm³/mol. The number of nitrogens with one attached hydrogen (secondary N) is 1. The van der Waals surface area contributed by atoms with Gasteiger partial charge < -0.3 is 14.3 Å². The van der Waals surface area contributed by atoms with Crippen molar-refractivity contribution in [3.05, 3.63) is 102 Å². The van der Waals surface area contributed by atoms with Crippen LogP contribution in [0.1, 0.15) is 17.0 Å². The zero-order valence-corrected chi connectivity index (χ0v) is 15.5. The molecule has 2 aromatic heterocycles. The number of para-hydroxylation sites is 3. The maximum absolute atomic E-state index is 6.00. The Balaban J connectivity index is 1.35. The minimum absolute atomic E-state index is 0.465. The Morgan fingerprint density at radius 1 is 0.821 bits per heavy atom. The SMILES string of the molecule is c1ccc(Cn2cc(COCc3nc4ccccc4[nH]3)c3ccccc32)cc1. The third-order valence-electron chi connectivity index (χ3n) is 5.00. The van der Waals surface area contributed by atoms with Crippen molar-refractivity contribution in [2.45, 2.75) is 19.8 Å². The molecule has 2 heterocycles. The van der Waals surface area contributed by atoms with Crippen molar-refractivity contribution in [3.63, 3.8) is 0 Å². The summed E-state index contributed by atoms with van der Waals surface area (Å²) < 4.78 is 8.30. The van der Waals surface area contributed by atoms with Gasteiger partial charge in [-0.1, -0.05) is 60.7 Å². The topological polar surface area (TPSA) is 42.8 Å². The molecule has 0 atom stereocenters. The van der Waals surface area contributed by atoms with E-state index in [0.29, 0.717) is 13.2 Å². The second-order valence-electron chi connectivity index (χ2n) is 6.98. The molecule has 28 heavy (non-hydrogen) atoms. The molecule has 0 saturated carbocycles. The number of aromatic nitrogens is 3. The van der Waals surface area contributed by atoms with E-state index >= 15 is 0 Å². The highest BCUT2D eigenvalue weighted by Gasteiger charge is 2.09. The van der Waals surface area contributed by atoms with E-state index in [4.69, 9.17) is 4.74 Å². The van der Waals surface area contributed by atoms with Gasteiger partial charge in [-0.25, -0.2) is 4.98 Å². The highest BCUT2D eigenvalue weighted by atomic mass is 16.5. The Bertz CT molecular complexity index is 1190. The molecule has 5 rings (SSSR count). The number of hydrogen-bond donors (Lipinski definition) is 1. The molecule has 0 radical (unpaired) electrons. The number of hydrogen-bond acceptors (Lipinski definition) is 2. The molecule has 0 spiro atoms. The summed E-state index contributed by atoms with van der Waals surface area (Å²) in [6.07, 6.45) is 2.20. The van der Waals surface area contributed by atoms with Crippen LogP contribution >= 0.6 is 0 Å². The third-order valence-corrected chi connectivity index (χ3v) is 5.00. The highest BCUT2D eigenvalue weighted by Crippen LogP contribution is 2.23. The molecule has 0 aliphatic heterocycles. The Labute approximate surface area is 163 Å². The van der Waals surface area contributed by atoms with E-state index in [1.807, 2.05) is 24.3 Å². The van der Waals surface area contributed by atoms with Gasteiger partial charge in [0.2, 0.25) is 0 Å². The fourth-order valence-corrected chi connectivity index (χ4v) is 3.68. The van der Waals surface area contributed by atoms with Crippen molar-refractivity contribution in [1.82, 2.24) is 14.5 Å². The van der Waals surface area contributed by atoms with E-state index in [2.05, 4.69) is 75.3 Å². The standard InChI is InChI=1S/C24H21N3O/c1-2-8-18(9-3-1)14-27-15-19(20-10-4-7-13-23(20)27)16-28-17-24-25-21-11-5-6-12-22(21)26-24/h1-13,15H,14,16-17H2,(H,25,26). The van der Waals surface area contributed by atoms with E-state index in [1.165, 1.54) is 22.0 Å². The number of rotatable bonds is 6. The summed E-state index contributed by atoms with van der Waals surface area (Å²) >= 11 is 0. The minimum atomic E-state index is 0.465. The summed E-state index contributed by atoms with van der Waals surface area (Å²) in [6.45, 7) is 1.87. The number of nitrogens with zero attached hydrogens (tertiary/aromatic N) is 2. The molecule has 0 fully saturated rings. The van der Waals surface area contributed by atoms with Crippen LogP contribution in [0.4, 0.5) is 0 Å². The van der Waals surface area contributed by atoms with Gasteiger partial charge in [-0.3, -0.25) is 0 Å². The minimum Gasteiger partial charge on any atom is -0.369 e. The van der Waals surface area contributed by atoms with Crippen LogP contribution in [-0.2, 0) is 24.5 Å². The quantitative estimate of drug-likeness (QED) is 0.443. The van der Waals surface area contributed by atoms with E-state index in [0.717, 1.165) is 23.4 Å². The molecule has 138 valence electrons. The van der Waals surface area contributed by atoms with Crippen molar-refractivity contribution >= 4 is 21.9 Å². The van der Waals surface area contributed by atoms with Crippen LogP contribution < -0.4 is 0 Å². The lowest BCUT2D eigenvalue weighted by Crippen LogP contribution is -1.98. The summed E-state index contributed by atoms with van der Waals surface area (Å²) in [6, 6.07) is 27.1. The summed E-state index contributed by atoms with van der Waals surface area (Å²) in [5, 5.41) is 1.24. The fourth-order valence-electron chi connectivity index (χ4n) is 3.68. The molecule has 0 amide bonds. The van der Waals surface area contributed by atoms with Gasteiger partial charge in [0.1, 0.15) is 12.4 Å². The van der Waals surface area contributed by atoms with Crippen molar-refractivity contribution < 1.29 is 4.74 Å². The van der Waals surface area contributed by atoms with Crippen molar-refractivity contribution in [1.29, 1.82) is 0 Å². The van der Waals surface area contributed by atoms with Crippen LogP contribution in [0.15, 0.2) is 85.1 Å². The first-order valence-electron chi connectivity index (χ1n) is 9.49. The summed E-state index contributed by atoms with van der Waals surface area (Å²) in [7, 11) is 0. The second kappa shape index (κ2) is 7.33. The lowest BCUT2D eigenvalue weighted by Gasteiger charge is -2.05. The zero-order chi connectivity index (χ0) is 18.8. The van der Waals surface area contributed by atoms with E-state index in [-0.39, 0.29) is 0 Å². The highest BCUT2D eigenvalue weighted by molar-refractivity contribution is 5.84. The number of fused-ring (bicyclic) bond motifs is 2. The van der Waals surface area contributed by atoms with Crippen molar-refractivity contribution in [3.8, 4) is 0 Å². The first-order valence-corrected chi connectivity index (χ1v) is 9.49. The lowest BCUT2D eigenvalue weighted by molar-refractivity contribution is 0.103. The molecular weight excluding hydrogens is 346 g/mol. The smallest absolute Gasteiger partial charge is 0.133 e. The van der Waals surface area contributed by atoms with E-state index in [1.54, 1.807) is 0 Å². The first kappa shape index (κ1) is 16.8. The van der Waals surface area contributed by atoms with Crippen LogP contribution in [0.5, 0.6) is 0 Å². The largest absolute Gasteiger partial charge is 0.369 e. The Kier molecular flexibility index (Phi) is 4.39. The lowest BCUT2D eigenvalue weighted by atomic mass is 10.2. The maximum Gasteiger partial charge on any atom is 0.133 e. The summed E-state index contributed by atoms with van der Waals surface area (Å²) in [5.41, 5.74) is 5.73. The van der Waals surface area contributed by atoms with Gasteiger partial charge in [-0.2, -0.15) is 0 Å². The number of aromatic amines is 1. The monoisotopic (exact) mass is 367 g/mol. The van der Waals surface area contributed by atoms with Crippen LogP contribution in [-0.4, -0.2) is 14.5 Å². The van der Waals surface area contributed by atoms with E-state index < -0.39 is 0 Å². The second-order valence-corrected chi connectivity index (χ2v) is 6.98. The molecule has 0 aliphatic carbocycles. The van der Waals surface area contributed by atoms with Gasteiger partial charge in [-0.05, 0) is 23.8 Å². The molecule has 3 aromatic carbocycles. The van der Waals surface area contributed by atoms with Crippen LogP contribution in [0.2, 0.25) is 0 Å². The van der Waals surface area contributed by atoms with Gasteiger partial charge in [0.25, 0.3) is 0 Å². The van der Waals surface area contributed by atoms with Crippen molar-refractivity contribution in [2.75, 3.05) is 0 Å². The van der Waals surface area contributed by atoms with Gasteiger partial charge >= 0.3 is 0 Å². The van der Waals surface area contributed by atoms with Gasteiger partial charge in [-0.15, -0.1) is 0 Å². The molecule has 0 unspecified atom stereocenters. The Morgan fingerprint density at radius 2 is 1.61 bits per heavy atom. The van der Waals surface area contributed by atoms with Crippen LogP contribution in [0.3, 0.4) is 0 Å². The molecule has 5 aromatic rings. The average molecular weight is 367 g/mol. The summed E-state index contributed by atoms with van der Waals surface area (Å²) in [5.74, 6) is 0.856. The van der Waals surface area contributed by atoms with Crippen molar-refractivity contribution in [2.24, 2.45) is 0 Å². The number of imidazole rings is 1. The van der Waals surface area contributed by atoms with Crippen LogP contribution in [0.25, 0.3) is 21.9 Å². The molecule has 0 bridgehead atoms. The normalized spacial score (nSPS) is 11.4. The molecule has 1 N–H and O–H groups in total. The molecule has 0 saturated heterocycles. The Morgan fingerprint density at radius 3 is 2.50 bits per heavy atom. The van der Waals surface area contributed by atoms with Crippen LogP contribution in [0, 0.1) is 0 Å². The van der Waals surface area contributed by atoms with E-state index in [9.17, 15) is 0 Å². The molecular formula is C24H21N3O. The van der Waals surface area contributed by atoms with Gasteiger partial charge in [0.15, 0.2) is 0 Å².